The van der Waals surface area contributed by atoms with Gasteiger partial charge in [0.1, 0.15) is 0 Å². The van der Waals surface area contributed by atoms with E-state index in [1.54, 1.807) is 0 Å². The number of carbonyl (C=O) groups is 1. The first-order chi connectivity index (χ1) is 16.3. The maximum absolute atomic E-state index is 12.2. The third-order valence-corrected chi connectivity index (χ3v) is 11.7. The molecule has 1 amide bonds. The van der Waals surface area contributed by atoms with Crippen molar-refractivity contribution in [3.05, 3.63) is 0 Å². The van der Waals surface area contributed by atoms with E-state index in [9.17, 15) is 33.1 Å². The van der Waals surface area contributed by atoms with Gasteiger partial charge in [-0.1, -0.05) is 20.8 Å². The third-order valence-electron chi connectivity index (χ3n) is 11.0. The number of amides is 1. The maximum atomic E-state index is 12.2. The number of hydrogen-bond donors (Lipinski definition) is 4. The molecule has 7 unspecified atom stereocenters. The molecular formula is C26H44NNaO7S. The normalized spacial score (nSPS) is 45.0. The van der Waals surface area contributed by atoms with E-state index in [0.29, 0.717) is 18.8 Å². The molecule has 202 valence electrons. The molecule has 4 aliphatic rings. The van der Waals surface area contributed by atoms with Gasteiger partial charge in [-0.15, -0.1) is 0 Å². The maximum Gasteiger partial charge on any atom is 1.00 e. The van der Waals surface area contributed by atoms with Crippen molar-refractivity contribution < 1.29 is 62.6 Å². The van der Waals surface area contributed by atoms with Crippen molar-refractivity contribution in [3.63, 3.8) is 0 Å². The minimum Gasteiger partial charge on any atom is -0.748 e. The standard InChI is InChI=1S/C26H45NO7S.Na/c1-15(4-7-23(31)27-10-11-35(32,33)34)18-5-6-19-24-20(14-22(30)26(18,19)3)25(2)9-8-17(28)12-16(25)13-21(24)29;/h15-22,24,28-30H,4-14H2,1-3H3,(H,27,31)(H,32,33,34);/q;+1/p-1/t15-,16?,17-,18?,19?,20?,21-,22+,24?,25?,26?;/m1./s1. The van der Waals surface area contributed by atoms with E-state index in [1.807, 2.05) is 0 Å². The predicted molar refractivity (Wildman–Crippen MR) is 130 cm³/mol. The van der Waals surface area contributed by atoms with Crippen molar-refractivity contribution in [1.29, 1.82) is 0 Å². The first-order valence-corrected chi connectivity index (χ1v) is 15.1. The van der Waals surface area contributed by atoms with E-state index in [4.69, 9.17) is 0 Å². The van der Waals surface area contributed by atoms with Crippen LogP contribution in [-0.4, -0.2) is 64.8 Å². The Morgan fingerprint density at radius 3 is 2.44 bits per heavy atom. The summed E-state index contributed by atoms with van der Waals surface area (Å²) in [5, 5.41) is 35.7. The van der Waals surface area contributed by atoms with Gasteiger partial charge < -0.3 is 25.2 Å². The van der Waals surface area contributed by atoms with E-state index in [-0.39, 0.29) is 95.0 Å². The average Bonchev–Trinajstić information content (AvgIpc) is 3.12. The summed E-state index contributed by atoms with van der Waals surface area (Å²) >= 11 is 0. The van der Waals surface area contributed by atoms with Gasteiger partial charge in [-0.25, -0.2) is 8.42 Å². The van der Waals surface area contributed by atoms with Gasteiger partial charge in [0.05, 0.1) is 34.2 Å². The zero-order chi connectivity index (χ0) is 25.8. The summed E-state index contributed by atoms with van der Waals surface area (Å²) < 4.78 is 32.2. The van der Waals surface area contributed by atoms with E-state index >= 15 is 0 Å². The summed E-state index contributed by atoms with van der Waals surface area (Å²) in [5.41, 5.74) is -0.267. The second-order valence-electron chi connectivity index (χ2n) is 12.7. The van der Waals surface area contributed by atoms with Crippen LogP contribution in [0.4, 0.5) is 0 Å². The zero-order valence-corrected chi connectivity index (χ0v) is 25.2. The molecule has 0 aromatic heterocycles. The van der Waals surface area contributed by atoms with Crippen molar-refractivity contribution in [2.45, 2.75) is 96.9 Å². The summed E-state index contributed by atoms with van der Waals surface area (Å²) in [5.74, 6) is 0.522. The van der Waals surface area contributed by atoms with Crippen molar-refractivity contribution in [2.24, 2.45) is 46.3 Å². The molecule has 4 N–H and O–H groups in total. The fourth-order valence-electron chi connectivity index (χ4n) is 9.10. The SMILES string of the molecule is C[C@H](CCC(=O)NCCS(=O)(=O)[O-])C1CCC2C3C(C[C@H](O)C21C)C1(C)CC[C@@H](O)CC1C[C@H]3O.[Na+]. The molecule has 36 heavy (non-hydrogen) atoms. The van der Waals surface area contributed by atoms with Crippen LogP contribution >= 0.6 is 0 Å². The molecule has 0 spiro atoms. The van der Waals surface area contributed by atoms with Gasteiger partial charge in [0, 0.05) is 13.0 Å². The molecule has 4 aliphatic carbocycles. The molecule has 0 bridgehead atoms. The molecule has 0 aromatic carbocycles. The fraction of sp³-hybridized carbons (Fsp3) is 0.962. The Hall–Kier alpha value is 0.260. The molecule has 0 radical (unpaired) electrons. The Kier molecular flexibility index (Phi) is 9.75. The molecule has 10 heteroatoms. The van der Waals surface area contributed by atoms with Gasteiger partial charge in [-0.05, 0) is 97.7 Å². The second-order valence-corrected chi connectivity index (χ2v) is 14.2. The third kappa shape index (κ3) is 5.74. The number of nitrogens with one attached hydrogen (secondary N) is 1. The molecule has 4 saturated carbocycles. The van der Waals surface area contributed by atoms with Gasteiger partial charge in [-0.3, -0.25) is 4.79 Å². The van der Waals surface area contributed by atoms with Crippen molar-refractivity contribution in [3.8, 4) is 0 Å². The van der Waals surface area contributed by atoms with E-state index in [0.717, 1.165) is 38.5 Å². The summed E-state index contributed by atoms with van der Waals surface area (Å²) in [6, 6.07) is 0. The molecule has 4 rings (SSSR count). The Balaban J connectivity index is 0.00000361. The zero-order valence-electron chi connectivity index (χ0n) is 22.4. The molecule has 4 fully saturated rings. The summed E-state index contributed by atoms with van der Waals surface area (Å²) in [7, 11) is -4.35. The van der Waals surface area contributed by atoms with Crippen LogP contribution in [-0.2, 0) is 14.9 Å². The number of aliphatic hydroxyl groups excluding tert-OH is 3. The van der Waals surface area contributed by atoms with E-state index in [2.05, 4.69) is 26.1 Å². The number of carbonyl (C=O) groups excluding carboxylic acids is 1. The average molecular weight is 538 g/mol. The summed E-state index contributed by atoms with van der Waals surface area (Å²) in [6.07, 6.45) is 5.58. The largest absolute Gasteiger partial charge is 1.00 e. The van der Waals surface area contributed by atoms with Crippen LogP contribution in [0.3, 0.4) is 0 Å². The molecular weight excluding hydrogens is 493 g/mol. The number of rotatable bonds is 7. The fourth-order valence-corrected chi connectivity index (χ4v) is 9.45. The van der Waals surface area contributed by atoms with Crippen molar-refractivity contribution in [2.75, 3.05) is 12.3 Å². The Bertz CT molecular complexity index is 903. The Labute approximate surface area is 238 Å². The van der Waals surface area contributed by atoms with E-state index in [1.165, 1.54) is 0 Å². The van der Waals surface area contributed by atoms with Crippen LogP contribution in [0.2, 0.25) is 0 Å². The molecule has 0 saturated heterocycles. The molecule has 8 nitrogen and oxygen atoms in total. The van der Waals surface area contributed by atoms with Crippen LogP contribution in [0.25, 0.3) is 0 Å². The molecule has 0 heterocycles. The second kappa shape index (κ2) is 11.4. The Morgan fingerprint density at radius 1 is 1.08 bits per heavy atom. The number of fused-ring (bicyclic) bond motifs is 5. The van der Waals surface area contributed by atoms with Gasteiger partial charge in [0.15, 0.2) is 0 Å². The number of hydrogen-bond acceptors (Lipinski definition) is 7. The van der Waals surface area contributed by atoms with Crippen LogP contribution in [0.15, 0.2) is 0 Å². The van der Waals surface area contributed by atoms with Gasteiger partial charge in [0.2, 0.25) is 5.91 Å². The summed E-state index contributed by atoms with van der Waals surface area (Å²) in [4.78, 5) is 12.2. The molecule has 0 aliphatic heterocycles. The molecule has 11 atom stereocenters. The van der Waals surface area contributed by atoms with Gasteiger partial charge in [0.25, 0.3) is 0 Å². The predicted octanol–water partition coefficient (Wildman–Crippen LogP) is -0.970. The van der Waals surface area contributed by atoms with Crippen LogP contribution in [0.5, 0.6) is 0 Å². The van der Waals surface area contributed by atoms with Crippen molar-refractivity contribution >= 4 is 16.0 Å². The minimum absolute atomic E-state index is 0. The van der Waals surface area contributed by atoms with Crippen LogP contribution in [0.1, 0.15) is 78.6 Å². The quantitative estimate of drug-likeness (QED) is 0.241. The first kappa shape index (κ1) is 30.8. The minimum atomic E-state index is -4.35. The molecule has 0 aromatic rings. The Morgan fingerprint density at radius 2 is 1.78 bits per heavy atom. The number of aliphatic hydroxyl groups is 3. The summed E-state index contributed by atoms with van der Waals surface area (Å²) in [6.45, 7) is 6.48. The van der Waals surface area contributed by atoms with Crippen molar-refractivity contribution in [1.82, 2.24) is 5.32 Å². The van der Waals surface area contributed by atoms with Gasteiger partial charge >= 0.3 is 29.6 Å². The smallest absolute Gasteiger partial charge is 0.748 e. The monoisotopic (exact) mass is 537 g/mol. The van der Waals surface area contributed by atoms with Crippen LogP contribution in [0, 0.1) is 46.3 Å². The van der Waals surface area contributed by atoms with Crippen LogP contribution < -0.4 is 34.9 Å². The topological polar surface area (TPSA) is 147 Å². The van der Waals surface area contributed by atoms with Gasteiger partial charge in [-0.2, -0.15) is 0 Å². The van der Waals surface area contributed by atoms with E-state index < -0.39 is 28.1 Å². The first-order valence-electron chi connectivity index (χ1n) is 13.5.